The minimum atomic E-state index is -0.457. The zero-order valence-electron chi connectivity index (χ0n) is 11.5. The van der Waals surface area contributed by atoms with Crippen LogP contribution in [-0.4, -0.2) is 30.3 Å². The molecule has 0 aromatic heterocycles. The predicted octanol–water partition coefficient (Wildman–Crippen LogP) is 2.42. The molecule has 0 spiro atoms. The number of ether oxygens (including phenoxy) is 1. The van der Waals surface area contributed by atoms with E-state index in [-0.39, 0.29) is 18.0 Å². The van der Waals surface area contributed by atoms with Gasteiger partial charge in [0, 0.05) is 31.0 Å². The molecular formula is C14H20N2O4. The zero-order valence-corrected chi connectivity index (χ0v) is 11.5. The molecule has 0 heterocycles. The average molecular weight is 280 g/mol. The molecule has 110 valence electrons. The zero-order chi connectivity index (χ0) is 14.5. The van der Waals surface area contributed by atoms with E-state index in [0.717, 1.165) is 31.5 Å². The average Bonchev–Trinajstić information content (AvgIpc) is 2.92. The minimum absolute atomic E-state index is 0.0350. The summed E-state index contributed by atoms with van der Waals surface area (Å²) in [6, 6.07) is 4.77. The fourth-order valence-electron chi connectivity index (χ4n) is 2.81. The van der Waals surface area contributed by atoms with Crippen LogP contribution in [0.4, 0.5) is 11.4 Å². The fraction of sp³-hybridized carbons (Fsp3) is 0.571. The van der Waals surface area contributed by atoms with Gasteiger partial charge in [-0.1, -0.05) is 6.42 Å². The topological polar surface area (TPSA) is 84.6 Å². The molecule has 20 heavy (non-hydrogen) atoms. The number of nitrogens with one attached hydrogen (secondary N) is 1. The van der Waals surface area contributed by atoms with Crippen molar-refractivity contribution in [3.05, 3.63) is 28.3 Å². The number of benzene rings is 1. The van der Waals surface area contributed by atoms with Crippen molar-refractivity contribution in [2.75, 3.05) is 25.6 Å². The molecule has 0 aliphatic heterocycles. The Kier molecular flexibility index (Phi) is 4.79. The van der Waals surface area contributed by atoms with Gasteiger partial charge in [0.15, 0.2) is 5.75 Å². The highest BCUT2D eigenvalue weighted by Crippen LogP contribution is 2.33. The van der Waals surface area contributed by atoms with E-state index >= 15 is 0 Å². The number of nitro groups is 1. The summed E-state index contributed by atoms with van der Waals surface area (Å²) < 4.78 is 5.04. The van der Waals surface area contributed by atoms with Gasteiger partial charge in [0.1, 0.15) is 0 Å². The number of anilines is 1. The molecule has 1 aromatic carbocycles. The van der Waals surface area contributed by atoms with Gasteiger partial charge in [0.2, 0.25) is 0 Å². The first-order valence-corrected chi connectivity index (χ1v) is 6.83. The van der Waals surface area contributed by atoms with Crippen molar-refractivity contribution in [2.45, 2.75) is 19.3 Å². The molecule has 2 rings (SSSR count). The molecule has 6 heteroatoms. The first-order valence-electron chi connectivity index (χ1n) is 6.83. The second kappa shape index (κ2) is 6.56. The number of rotatable bonds is 6. The Morgan fingerprint density at radius 2 is 2.20 bits per heavy atom. The lowest BCUT2D eigenvalue weighted by Crippen LogP contribution is -2.20. The molecule has 0 amide bonds. The van der Waals surface area contributed by atoms with Crippen molar-refractivity contribution in [1.29, 1.82) is 0 Å². The Balaban J connectivity index is 2.01. The molecule has 1 fully saturated rings. The van der Waals surface area contributed by atoms with Crippen LogP contribution in [0.25, 0.3) is 0 Å². The standard InChI is InChI=1S/C14H20N2O4/c1-20-14-7-12(5-6-13(14)16(18)19)15-8-10-3-2-4-11(10)9-17/h5-7,10-11,15,17H,2-4,8-9H2,1H3. The number of nitro benzene ring substituents is 1. The SMILES string of the molecule is COc1cc(NCC2CCCC2CO)ccc1[N+](=O)[O-]. The van der Waals surface area contributed by atoms with Gasteiger partial charge in [-0.15, -0.1) is 0 Å². The first kappa shape index (κ1) is 14.6. The summed E-state index contributed by atoms with van der Waals surface area (Å²) in [7, 11) is 1.42. The van der Waals surface area contributed by atoms with Crippen LogP contribution < -0.4 is 10.1 Å². The van der Waals surface area contributed by atoms with Gasteiger partial charge < -0.3 is 15.2 Å². The summed E-state index contributed by atoms with van der Waals surface area (Å²) in [4.78, 5) is 10.4. The summed E-state index contributed by atoms with van der Waals surface area (Å²) in [6.07, 6.45) is 3.34. The largest absolute Gasteiger partial charge is 0.490 e. The van der Waals surface area contributed by atoms with E-state index in [1.807, 2.05) is 0 Å². The van der Waals surface area contributed by atoms with Crippen LogP contribution in [0.1, 0.15) is 19.3 Å². The molecule has 2 atom stereocenters. The molecule has 1 aromatic rings. The maximum atomic E-state index is 10.8. The molecule has 6 nitrogen and oxygen atoms in total. The van der Waals surface area contributed by atoms with E-state index in [1.165, 1.54) is 13.2 Å². The van der Waals surface area contributed by atoms with Gasteiger partial charge in [0.05, 0.1) is 12.0 Å². The summed E-state index contributed by atoms with van der Waals surface area (Å²) in [5.41, 5.74) is 0.767. The van der Waals surface area contributed by atoms with E-state index in [9.17, 15) is 15.2 Å². The van der Waals surface area contributed by atoms with Gasteiger partial charge in [-0.2, -0.15) is 0 Å². The van der Waals surface area contributed by atoms with Crippen molar-refractivity contribution in [2.24, 2.45) is 11.8 Å². The third kappa shape index (κ3) is 3.19. The van der Waals surface area contributed by atoms with Crippen LogP contribution in [0.15, 0.2) is 18.2 Å². The molecule has 1 aliphatic carbocycles. The molecule has 0 radical (unpaired) electrons. The summed E-state index contributed by atoms with van der Waals surface area (Å²) in [6.45, 7) is 1.00. The van der Waals surface area contributed by atoms with E-state index in [0.29, 0.717) is 11.8 Å². The predicted molar refractivity (Wildman–Crippen MR) is 76.1 cm³/mol. The van der Waals surface area contributed by atoms with E-state index in [2.05, 4.69) is 5.32 Å². The monoisotopic (exact) mass is 280 g/mol. The van der Waals surface area contributed by atoms with Crippen molar-refractivity contribution in [3.63, 3.8) is 0 Å². The maximum absolute atomic E-state index is 10.8. The summed E-state index contributed by atoms with van der Waals surface area (Å²) in [5.74, 6) is 1.08. The van der Waals surface area contributed by atoms with Crippen LogP contribution in [0.5, 0.6) is 5.75 Å². The number of methoxy groups -OCH3 is 1. The van der Waals surface area contributed by atoms with Gasteiger partial charge in [-0.3, -0.25) is 10.1 Å². The lowest BCUT2D eigenvalue weighted by Gasteiger charge is -2.18. The smallest absolute Gasteiger partial charge is 0.311 e. The van der Waals surface area contributed by atoms with Gasteiger partial charge >= 0.3 is 5.69 Å². The van der Waals surface area contributed by atoms with Crippen LogP contribution in [0.2, 0.25) is 0 Å². The molecule has 2 unspecified atom stereocenters. The summed E-state index contributed by atoms with van der Waals surface area (Å²) >= 11 is 0. The van der Waals surface area contributed by atoms with Crippen LogP contribution >= 0.6 is 0 Å². The second-order valence-electron chi connectivity index (χ2n) is 5.16. The molecule has 0 bridgehead atoms. The van der Waals surface area contributed by atoms with E-state index in [1.54, 1.807) is 12.1 Å². The van der Waals surface area contributed by atoms with E-state index in [4.69, 9.17) is 4.74 Å². The molecule has 1 saturated carbocycles. The highest BCUT2D eigenvalue weighted by Gasteiger charge is 2.26. The number of hydrogen-bond donors (Lipinski definition) is 2. The number of hydrogen-bond acceptors (Lipinski definition) is 5. The lowest BCUT2D eigenvalue weighted by molar-refractivity contribution is -0.385. The quantitative estimate of drug-likeness (QED) is 0.617. The molecule has 0 saturated heterocycles. The van der Waals surface area contributed by atoms with Crippen LogP contribution in [0, 0.1) is 22.0 Å². The van der Waals surface area contributed by atoms with E-state index < -0.39 is 4.92 Å². The third-order valence-corrected chi connectivity index (χ3v) is 4.00. The molecular weight excluding hydrogens is 260 g/mol. The van der Waals surface area contributed by atoms with Crippen LogP contribution in [0.3, 0.4) is 0 Å². The maximum Gasteiger partial charge on any atom is 0.311 e. The first-order chi connectivity index (χ1) is 9.65. The Hall–Kier alpha value is -1.82. The Morgan fingerprint density at radius 3 is 2.85 bits per heavy atom. The highest BCUT2D eigenvalue weighted by molar-refractivity contribution is 5.57. The van der Waals surface area contributed by atoms with Crippen LogP contribution in [-0.2, 0) is 0 Å². The molecule has 2 N–H and O–H groups in total. The van der Waals surface area contributed by atoms with Gasteiger partial charge in [0.25, 0.3) is 0 Å². The van der Waals surface area contributed by atoms with Crippen molar-refractivity contribution in [1.82, 2.24) is 0 Å². The minimum Gasteiger partial charge on any atom is -0.490 e. The number of aliphatic hydroxyl groups is 1. The second-order valence-corrected chi connectivity index (χ2v) is 5.16. The number of aliphatic hydroxyl groups excluding tert-OH is 1. The Morgan fingerprint density at radius 1 is 1.45 bits per heavy atom. The number of nitrogens with zero attached hydrogens (tertiary/aromatic N) is 1. The Labute approximate surface area is 117 Å². The van der Waals surface area contributed by atoms with Gasteiger partial charge in [-0.05, 0) is 30.7 Å². The van der Waals surface area contributed by atoms with Gasteiger partial charge in [-0.25, -0.2) is 0 Å². The normalized spacial score (nSPS) is 21.7. The highest BCUT2D eigenvalue weighted by atomic mass is 16.6. The van der Waals surface area contributed by atoms with Crippen molar-refractivity contribution < 1.29 is 14.8 Å². The Bertz CT molecular complexity index is 478. The fourth-order valence-corrected chi connectivity index (χ4v) is 2.81. The summed E-state index contributed by atoms with van der Waals surface area (Å²) in [5, 5.41) is 23.4. The third-order valence-electron chi connectivity index (χ3n) is 4.00. The molecule has 1 aliphatic rings. The lowest BCUT2D eigenvalue weighted by atomic mass is 9.97. The van der Waals surface area contributed by atoms with Crippen molar-refractivity contribution >= 4 is 11.4 Å². The van der Waals surface area contributed by atoms with Crippen molar-refractivity contribution in [3.8, 4) is 5.75 Å².